The van der Waals surface area contributed by atoms with Crippen molar-refractivity contribution < 1.29 is 9.53 Å². The number of hydrogen-bond acceptors (Lipinski definition) is 3. The molecular formula is C23H26N2O2. The molecule has 0 bridgehead atoms. The van der Waals surface area contributed by atoms with Crippen LogP contribution in [0.25, 0.3) is 10.9 Å². The van der Waals surface area contributed by atoms with Gasteiger partial charge in [0.1, 0.15) is 5.75 Å². The molecule has 1 unspecified atom stereocenters. The Morgan fingerprint density at radius 2 is 1.81 bits per heavy atom. The molecule has 4 nitrogen and oxygen atoms in total. The minimum Gasteiger partial charge on any atom is -0.481 e. The number of fused-ring (bicyclic) bond motifs is 1. The molecule has 0 saturated heterocycles. The number of nitrogens with zero attached hydrogens (tertiary/aromatic N) is 1. The van der Waals surface area contributed by atoms with E-state index in [0.29, 0.717) is 11.6 Å². The van der Waals surface area contributed by atoms with Crippen LogP contribution in [-0.4, -0.2) is 17.0 Å². The molecule has 0 aliphatic rings. The summed E-state index contributed by atoms with van der Waals surface area (Å²) in [7, 11) is 0. The number of nitrogens with one attached hydrogen (secondary N) is 1. The fraction of sp³-hybridized carbons (Fsp3) is 0.304. The number of aromatic nitrogens is 1. The van der Waals surface area contributed by atoms with Gasteiger partial charge in [0.25, 0.3) is 5.91 Å². The third-order valence-electron chi connectivity index (χ3n) is 4.58. The summed E-state index contributed by atoms with van der Waals surface area (Å²) in [6, 6.07) is 15.9. The maximum Gasteiger partial charge on any atom is 0.265 e. The van der Waals surface area contributed by atoms with E-state index in [1.54, 1.807) is 6.92 Å². The van der Waals surface area contributed by atoms with Crippen molar-refractivity contribution >= 4 is 22.5 Å². The molecule has 1 aromatic heterocycles. The van der Waals surface area contributed by atoms with Crippen molar-refractivity contribution in [3.63, 3.8) is 0 Å². The molecule has 0 saturated carbocycles. The van der Waals surface area contributed by atoms with Crippen LogP contribution in [0, 0.1) is 13.8 Å². The second kappa shape index (κ2) is 7.78. The van der Waals surface area contributed by atoms with Crippen LogP contribution in [0.15, 0.2) is 48.5 Å². The van der Waals surface area contributed by atoms with Gasteiger partial charge in [0.05, 0.1) is 11.2 Å². The summed E-state index contributed by atoms with van der Waals surface area (Å²) >= 11 is 0. The third kappa shape index (κ3) is 4.27. The molecule has 4 heteroatoms. The van der Waals surface area contributed by atoms with Crippen molar-refractivity contribution in [2.45, 2.75) is 46.6 Å². The lowest BCUT2D eigenvalue weighted by Crippen LogP contribution is -2.30. The van der Waals surface area contributed by atoms with E-state index in [2.05, 4.69) is 36.3 Å². The monoisotopic (exact) mass is 362 g/mol. The Morgan fingerprint density at radius 3 is 2.56 bits per heavy atom. The van der Waals surface area contributed by atoms with Crippen molar-refractivity contribution in [1.29, 1.82) is 0 Å². The molecular weight excluding hydrogens is 336 g/mol. The predicted molar refractivity (Wildman–Crippen MR) is 110 cm³/mol. The fourth-order valence-electron chi connectivity index (χ4n) is 3.04. The average molecular weight is 362 g/mol. The molecule has 0 radical (unpaired) electrons. The summed E-state index contributed by atoms with van der Waals surface area (Å²) < 4.78 is 6.02. The molecule has 0 fully saturated rings. The molecule has 1 N–H and O–H groups in total. The number of para-hydroxylation sites is 1. The minimum atomic E-state index is -0.621. The number of pyridine rings is 1. The SMILES string of the molecule is Cc1ccc(C(C)C)c(OC(C)C(=O)Nc2cccc3ccc(C)nc23)c1. The largest absolute Gasteiger partial charge is 0.481 e. The predicted octanol–water partition coefficient (Wildman–Crippen LogP) is 5.38. The molecule has 3 rings (SSSR count). The minimum absolute atomic E-state index is 0.193. The van der Waals surface area contributed by atoms with Crippen molar-refractivity contribution in [2.24, 2.45) is 0 Å². The Labute approximate surface area is 160 Å². The molecule has 1 amide bonds. The van der Waals surface area contributed by atoms with Crippen LogP contribution >= 0.6 is 0 Å². The fourth-order valence-corrected chi connectivity index (χ4v) is 3.04. The zero-order valence-electron chi connectivity index (χ0n) is 16.5. The Kier molecular flexibility index (Phi) is 5.45. The van der Waals surface area contributed by atoms with Crippen molar-refractivity contribution in [3.05, 3.63) is 65.4 Å². The summed E-state index contributed by atoms with van der Waals surface area (Å²) in [5, 5.41) is 3.96. The number of aryl methyl sites for hydroxylation is 2. The number of benzene rings is 2. The summed E-state index contributed by atoms with van der Waals surface area (Å²) in [5.41, 5.74) is 4.61. The number of amides is 1. The van der Waals surface area contributed by atoms with E-state index in [9.17, 15) is 4.79 Å². The highest BCUT2D eigenvalue weighted by Crippen LogP contribution is 2.29. The Balaban J connectivity index is 1.82. The van der Waals surface area contributed by atoms with Gasteiger partial charge in [-0.2, -0.15) is 0 Å². The first-order chi connectivity index (χ1) is 12.8. The van der Waals surface area contributed by atoms with Gasteiger partial charge in [-0.25, -0.2) is 0 Å². The van der Waals surface area contributed by atoms with Crippen LogP contribution in [0.2, 0.25) is 0 Å². The van der Waals surface area contributed by atoms with E-state index in [-0.39, 0.29) is 5.91 Å². The summed E-state index contributed by atoms with van der Waals surface area (Å²) in [4.78, 5) is 17.3. The summed E-state index contributed by atoms with van der Waals surface area (Å²) in [6.45, 7) is 9.96. The average Bonchev–Trinajstić information content (AvgIpc) is 2.62. The second-order valence-electron chi connectivity index (χ2n) is 7.28. The van der Waals surface area contributed by atoms with Crippen LogP contribution in [-0.2, 0) is 4.79 Å². The zero-order chi connectivity index (χ0) is 19.6. The maximum absolute atomic E-state index is 12.7. The van der Waals surface area contributed by atoms with E-state index < -0.39 is 6.10 Å². The van der Waals surface area contributed by atoms with Crippen LogP contribution in [0.3, 0.4) is 0 Å². The van der Waals surface area contributed by atoms with Gasteiger partial charge in [-0.05, 0) is 56.0 Å². The molecule has 27 heavy (non-hydrogen) atoms. The molecule has 140 valence electrons. The number of rotatable bonds is 5. The van der Waals surface area contributed by atoms with Crippen LogP contribution in [0.1, 0.15) is 43.5 Å². The van der Waals surface area contributed by atoms with E-state index >= 15 is 0 Å². The van der Waals surface area contributed by atoms with Gasteiger partial charge in [-0.1, -0.05) is 44.2 Å². The number of carbonyl (C=O) groups excluding carboxylic acids is 1. The van der Waals surface area contributed by atoms with Gasteiger partial charge >= 0.3 is 0 Å². The zero-order valence-corrected chi connectivity index (χ0v) is 16.5. The van der Waals surface area contributed by atoms with Crippen LogP contribution in [0.5, 0.6) is 5.75 Å². The highest BCUT2D eigenvalue weighted by molar-refractivity contribution is 6.01. The lowest BCUT2D eigenvalue weighted by atomic mass is 10.0. The molecule has 0 aliphatic heterocycles. The number of carbonyl (C=O) groups is 1. The topological polar surface area (TPSA) is 51.2 Å². The van der Waals surface area contributed by atoms with E-state index in [0.717, 1.165) is 33.5 Å². The summed E-state index contributed by atoms with van der Waals surface area (Å²) in [5.74, 6) is 0.891. The quantitative estimate of drug-likeness (QED) is 0.663. The normalized spacial score (nSPS) is 12.2. The lowest BCUT2D eigenvalue weighted by molar-refractivity contribution is -0.122. The van der Waals surface area contributed by atoms with Crippen LogP contribution in [0.4, 0.5) is 5.69 Å². The second-order valence-corrected chi connectivity index (χ2v) is 7.28. The lowest BCUT2D eigenvalue weighted by Gasteiger charge is -2.19. The Bertz CT molecular complexity index is 979. The maximum atomic E-state index is 12.7. The first kappa shape index (κ1) is 18.9. The van der Waals surface area contributed by atoms with E-state index in [1.165, 1.54) is 0 Å². The van der Waals surface area contributed by atoms with Gasteiger partial charge in [0.15, 0.2) is 6.10 Å². The number of ether oxygens (including phenoxy) is 1. The van der Waals surface area contributed by atoms with Crippen molar-refractivity contribution in [3.8, 4) is 5.75 Å². The number of hydrogen-bond donors (Lipinski definition) is 1. The molecule has 0 spiro atoms. The first-order valence-electron chi connectivity index (χ1n) is 9.29. The van der Waals surface area contributed by atoms with E-state index in [1.807, 2.05) is 50.2 Å². The summed E-state index contributed by atoms with van der Waals surface area (Å²) in [6.07, 6.45) is -0.621. The highest BCUT2D eigenvalue weighted by Gasteiger charge is 2.19. The molecule has 0 aliphatic carbocycles. The Hall–Kier alpha value is -2.88. The smallest absolute Gasteiger partial charge is 0.265 e. The molecule has 3 aromatic rings. The van der Waals surface area contributed by atoms with E-state index in [4.69, 9.17) is 4.74 Å². The highest BCUT2D eigenvalue weighted by atomic mass is 16.5. The van der Waals surface area contributed by atoms with Gasteiger partial charge in [0, 0.05) is 11.1 Å². The Morgan fingerprint density at radius 1 is 1.04 bits per heavy atom. The van der Waals surface area contributed by atoms with Gasteiger partial charge < -0.3 is 10.1 Å². The van der Waals surface area contributed by atoms with Crippen molar-refractivity contribution in [2.75, 3.05) is 5.32 Å². The van der Waals surface area contributed by atoms with Crippen LogP contribution < -0.4 is 10.1 Å². The van der Waals surface area contributed by atoms with Gasteiger partial charge in [-0.15, -0.1) is 0 Å². The van der Waals surface area contributed by atoms with Crippen molar-refractivity contribution in [1.82, 2.24) is 4.98 Å². The third-order valence-corrected chi connectivity index (χ3v) is 4.58. The molecule has 2 aromatic carbocycles. The van der Waals surface area contributed by atoms with Gasteiger partial charge in [-0.3, -0.25) is 9.78 Å². The molecule has 1 heterocycles. The van der Waals surface area contributed by atoms with Gasteiger partial charge in [0.2, 0.25) is 0 Å². The standard InChI is InChI=1S/C23H26N2O2/c1-14(2)19-12-9-15(3)13-21(19)27-17(5)23(26)25-20-8-6-7-18-11-10-16(4)24-22(18)20/h6-14,17H,1-5H3,(H,25,26). The molecule has 1 atom stereocenters. The first-order valence-corrected chi connectivity index (χ1v) is 9.29. The number of anilines is 1.